The van der Waals surface area contributed by atoms with Crippen molar-refractivity contribution in [3.05, 3.63) is 142 Å². The number of benzene rings is 4. The zero-order valence-electron chi connectivity index (χ0n) is 35.9. The Hall–Kier alpha value is -3.31. The van der Waals surface area contributed by atoms with Crippen LogP contribution in [0, 0.1) is 11.8 Å². The van der Waals surface area contributed by atoms with Crippen LogP contribution in [0.2, 0.25) is 0 Å². The van der Waals surface area contributed by atoms with Crippen LogP contribution in [0.1, 0.15) is 122 Å². The maximum Gasteiger partial charge on any atom is 0.307 e. The molecule has 4 bridgehead atoms. The van der Waals surface area contributed by atoms with E-state index < -0.39 is 16.5 Å². The highest BCUT2D eigenvalue weighted by Gasteiger charge is 2.63. The molecule has 4 nitrogen and oxygen atoms in total. The highest BCUT2D eigenvalue weighted by Crippen LogP contribution is 2.74. The Morgan fingerprint density at radius 1 is 0.614 bits per heavy atom. The molecular formula is C51H66N3OPSi. The predicted molar refractivity (Wildman–Crippen MR) is 247 cm³/mol. The van der Waals surface area contributed by atoms with E-state index >= 15 is 0 Å². The number of ether oxygens (including phenoxy) is 1. The molecule has 0 amide bonds. The zero-order valence-corrected chi connectivity index (χ0v) is 37.8. The molecule has 0 aromatic heterocycles. The third-order valence-electron chi connectivity index (χ3n) is 13.2. The second kappa shape index (κ2) is 17.1. The van der Waals surface area contributed by atoms with Crippen molar-refractivity contribution in [2.24, 2.45) is 11.8 Å². The first-order chi connectivity index (χ1) is 27.7. The van der Waals surface area contributed by atoms with Gasteiger partial charge in [0.1, 0.15) is 0 Å². The summed E-state index contributed by atoms with van der Waals surface area (Å²) in [6.07, 6.45) is 6.48. The summed E-state index contributed by atoms with van der Waals surface area (Å²) in [7, 11) is -3.95. The summed E-state index contributed by atoms with van der Waals surface area (Å²) >= 11 is 0. The summed E-state index contributed by atoms with van der Waals surface area (Å²) in [5.74, 6) is 2.00. The van der Waals surface area contributed by atoms with Crippen molar-refractivity contribution < 1.29 is 4.74 Å². The Bertz CT molecular complexity index is 2020. The van der Waals surface area contributed by atoms with Gasteiger partial charge >= 0.3 is 8.40 Å². The lowest BCUT2D eigenvalue weighted by atomic mass is 9.91. The number of anilines is 1. The molecule has 3 heterocycles. The van der Waals surface area contributed by atoms with E-state index in [4.69, 9.17) is 4.74 Å². The molecule has 0 spiro atoms. The van der Waals surface area contributed by atoms with Gasteiger partial charge in [-0.05, 0) is 114 Å². The summed E-state index contributed by atoms with van der Waals surface area (Å²) in [5, 5.41) is 6.54. The molecule has 57 heavy (non-hydrogen) atoms. The lowest BCUT2D eigenvalue weighted by Gasteiger charge is -2.56. The number of fused-ring (bicyclic) bond motifs is 7. The van der Waals surface area contributed by atoms with Crippen LogP contribution in [-0.2, 0) is 4.74 Å². The maximum absolute atomic E-state index is 4.94. The smallest absolute Gasteiger partial charge is 0.307 e. The van der Waals surface area contributed by atoms with Gasteiger partial charge in [0.05, 0.1) is 0 Å². The van der Waals surface area contributed by atoms with Crippen molar-refractivity contribution in [3.63, 3.8) is 0 Å². The Kier molecular flexibility index (Phi) is 12.2. The van der Waals surface area contributed by atoms with E-state index in [9.17, 15) is 0 Å². The number of hydrogen-bond acceptors (Lipinski definition) is 4. The van der Waals surface area contributed by atoms with Gasteiger partial charge in [-0.25, -0.2) is 0 Å². The summed E-state index contributed by atoms with van der Waals surface area (Å²) in [4.78, 5) is 0. The van der Waals surface area contributed by atoms with E-state index in [0.717, 1.165) is 26.3 Å². The van der Waals surface area contributed by atoms with Crippen LogP contribution in [0.4, 0.5) is 5.69 Å². The lowest BCUT2D eigenvalue weighted by Crippen LogP contribution is -2.76. The van der Waals surface area contributed by atoms with Gasteiger partial charge in [0.2, 0.25) is 0 Å². The molecular weight excluding hydrogens is 730 g/mol. The minimum absolute atomic E-state index is 0.331. The zero-order chi connectivity index (χ0) is 39.8. The minimum Gasteiger partial charge on any atom is -0.381 e. The van der Waals surface area contributed by atoms with Gasteiger partial charge in [-0.2, -0.15) is 0 Å². The number of rotatable bonds is 8. The first-order valence-corrected chi connectivity index (χ1v) is 25.3. The SMILES string of the molecule is C1CCOC1.CC(C)c1cccc(C(C)C)c1N1C2=C([C@@H]3CC[C@H]2C3)P2C(c3ccccc3)=C(c3ccccc3)[Si@]1(c1ccccc1)N(C(C)C)CCN2C(C)C. The maximum atomic E-state index is 4.94. The topological polar surface area (TPSA) is 19.0 Å². The van der Waals surface area contributed by atoms with Crippen molar-refractivity contribution in [2.75, 3.05) is 30.9 Å². The van der Waals surface area contributed by atoms with E-state index in [2.05, 4.69) is 178 Å². The summed E-state index contributed by atoms with van der Waals surface area (Å²) in [6.45, 7) is 23.8. The minimum atomic E-state index is -3.14. The molecule has 5 aliphatic rings. The number of allylic oxidation sites excluding steroid dienone is 2. The first-order valence-electron chi connectivity index (χ1n) is 22.2. The molecule has 1 saturated carbocycles. The Labute approximate surface area is 347 Å². The highest BCUT2D eigenvalue weighted by molar-refractivity contribution is 7.71. The van der Waals surface area contributed by atoms with E-state index in [1.54, 1.807) is 21.5 Å². The van der Waals surface area contributed by atoms with Crippen LogP contribution in [0.5, 0.6) is 0 Å². The molecule has 2 fully saturated rings. The second-order valence-corrected chi connectivity index (χ2v) is 23.6. The predicted octanol–water partition coefficient (Wildman–Crippen LogP) is 12.5. The Morgan fingerprint density at radius 3 is 1.70 bits per heavy atom. The van der Waals surface area contributed by atoms with E-state index in [0.29, 0.717) is 35.8 Å². The van der Waals surface area contributed by atoms with Crippen LogP contribution >= 0.6 is 8.07 Å². The van der Waals surface area contributed by atoms with Crippen LogP contribution in [0.3, 0.4) is 0 Å². The third kappa shape index (κ3) is 7.14. The van der Waals surface area contributed by atoms with Crippen molar-refractivity contribution in [2.45, 2.75) is 111 Å². The van der Waals surface area contributed by atoms with Gasteiger partial charge in [0.15, 0.2) is 0 Å². The number of para-hydroxylation sites is 1. The molecule has 0 N–H and O–H groups in total. The fraction of sp³-hybridized carbons (Fsp3) is 0.451. The molecule has 6 heteroatoms. The van der Waals surface area contributed by atoms with Crippen molar-refractivity contribution in [1.82, 2.24) is 9.24 Å². The molecule has 1 unspecified atom stereocenters. The van der Waals surface area contributed by atoms with Gasteiger partial charge < -0.3 is 9.30 Å². The first kappa shape index (κ1) is 40.5. The van der Waals surface area contributed by atoms with E-state index in [1.807, 2.05) is 0 Å². The largest absolute Gasteiger partial charge is 0.381 e. The Balaban J connectivity index is 0.000000846. The van der Waals surface area contributed by atoms with E-state index in [-0.39, 0.29) is 0 Å². The lowest BCUT2D eigenvalue weighted by molar-refractivity contribution is 0.198. The van der Waals surface area contributed by atoms with Gasteiger partial charge in [-0.1, -0.05) is 151 Å². The number of hydrogen-bond donors (Lipinski definition) is 0. The molecule has 3 aliphatic heterocycles. The molecule has 1 saturated heterocycles. The highest BCUT2D eigenvalue weighted by atomic mass is 31.1. The van der Waals surface area contributed by atoms with Gasteiger partial charge in [-0.15, -0.1) is 0 Å². The molecule has 4 atom stereocenters. The third-order valence-corrected chi connectivity index (χ3v) is 21.6. The molecule has 9 rings (SSSR count). The van der Waals surface area contributed by atoms with Gasteiger partial charge in [0, 0.05) is 57.1 Å². The molecule has 4 aromatic carbocycles. The summed E-state index contributed by atoms with van der Waals surface area (Å²) < 4.78 is 14.2. The van der Waals surface area contributed by atoms with Crippen LogP contribution < -0.4 is 9.75 Å². The number of nitrogens with zero attached hydrogens (tertiary/aromatic N) is 3. The average molecular weight is 796 g/mol. The summed E-state index contributed by atoms with van der Waals surface area (Å²) in [5.41, 5.74) is 9.03. The van der Waals surface area contributed by atoms with Crippen LogP contribution in [-0.4, -0.2) is 56.0 Å². The van der Waals surface area contributed by atoms with Crippen molar-refractivity contribution in [1.29, 1.82) is 0 Å². The molecule has 2 aliphatic carbocycles. The molecule has 300 valence electrons. The van der Waals surface area contributed by atoms with Crippen LogP contribution in [0.25, 0.3) is 10.5 Å². The van der Waals surface area contributed by atoms with Crippen molar-refractivity contribution >= 4 is 37.9 Å². The second-order valence-electron chi connectivity index (χ2n) is 18.1. The van der Waals surface area contributed by atoms with Crippen molar-refractivity contribution in [3.8, 4) is 0 Å². The standard InChI is InChI=1S/C47H58N3PSi.C4H8O/c1-32(2)41-25-18-26-42(33(3)4)44(41)50-43-38-27-28-39(31-38)45(43)51-46(36-19-12-9-13-20-36)47(37-21-14-10-15-22-37)52(50,40-23-16-11-17-24-40)49(35(7)8)30-29-48(51)34(5)6;1-2-4-5-3-1/h9-26,32-35,38-39H,27-31H2,1-8H3;1-4H2/t38-,39+,51?,52+;/m0./s1. The fourth-order valence-corrected chi connectivity index (χ4v) is 20.7. The Morgan fingerprint density at radius 2 is 1.18 bits per heavy atom. The van der Waals surface area contributed by atoms with Gasteiger partial charge in [0.25, 0.3) is 0 Å². The normalized spacial score (nSPS) is 25.1. The van der Waals surface area contributed by atoms with Crippen LogP contribution in [0.15, 0.2) is 120 Å². The van der Waals surface area contributed by atoms with E-state index in [1.165, 1.54) is 65.2 Å². The monoisotopic (exact) mass is 795 g/mol. The summed E-state index contributed by atoms with van der Waals surface area (Å²) in [6, 6.07) is 43.4. The molecule has 4 aromatic rings. The quantitative estimate of drug-likeness (QED) is 0.131. The fourth-order valence-electron chi connectivity index (χ4n) is 10.8. The average Bonchev–Trinajstić information content (AvgIpc) is 4.01. The van der Waals surface area contributed by atoms with Gasteiger partial charge in [-0.3, -0.25) is 9.24 Å². The molecule has 0 radical (unpaired) electrons.